The summed E-state index contributed by atoms with van der Waals surface area (Å²) in [6, 6.07) is 9.43. The van der Waals surface area contributed by atoms with Gasteiger partial charge in [-0.05, 0) is 56.5 Å². The minimum absolute atomic E-state index is 0.323. The Morgan fingerprint density at radius 1 is 1.26 bits per heavy atom. The molecule has 3 rings (SSSR count). The number of hydrogen-bond acceptors (Lipinski definition) is 4. The van der Waals surface area contributed by atoms with Gasteiger partial charge >= 0.3 is 5.97 Å². The summed E-state index contributed by atoms with van der Waals surface area (Å²) < 4.78 is 6.05. The van der Waals surface area contributed by atoms with E-state index in [-0.39, 0.29) is 0 Å². The number of carbonyl (C=O) groups excluding carboxylic acids is 1. The molecule has 0 unspecified atom stereocenters. The molecule has 0 fully saturated rings. The molecule has 1 aromatic heterocycles. The Bertz CT molecular complexity index is 689. The number of benzene rings is 1. The normalized spacial score (nSPS) is 16.6. The van der Waals surface area contributed by atoms with Crippen molar-refractivity contribution in [2.45, 2.75) is 0 Å². The van der Waals surface area contributed by atoms with Gasteiger partial charge in [0.1, 0.15) is 0 Å². The molecule has 0 N–H and O–H groups in total. The number of aliphatic imine (C=N–C) groups is 1. The molecule has 0 atom stereocenters. The van der Waals surface area contributed by atoms with Gasteiger partial charge in [-0.1, -0.05) is 12.1 Å². The second-order valence-corrected chi connectivity index (χ2v) is 5.51. The molecule has 5 heteroatoms. The minimum Gasteiger partial charge on any atom is -0.402 e. The molecular weight excluding hydrogens is 326 g/mol. The zero-order chi connectivity index (χ0) is 13.2. The van der Waals surface area contributed by atoms with Gasteiger partial charge in [0, 0.05) is 4.47 Å². The Kier molecular flexibility index (Phi) is 3.31. The summed E-state index contributed by atoms with van der Waals surface area (Å²) in [6.45, 7) is 0. The Hall–Kier alpha value is -1.72. The molecule has 94 valence electrons. The molecule has 0 radical (unpaired) electrons. The second-order valence-electron chi connectivity index (χ2n) is 3.87. The molecular formula is C14H8BrNO2S. The summed E-state index contributed by atoms with van der Waals surface area (Å²) in [5.74, 6) is -0.0871. The first-order chi connectivity index (χ1) is 9.24. The molecule has 1 aromatic carbocycles. The average Bonchev–Trinajstić information content (AvgIpc) is 3.02. The summed E-state index contributed by atoms with van der Waals surface area (Å²) in [4.78, 5) is 16.0. The van der Waals surface area contributed by atoms with E-state index in [1.807, 2.05) is 41.1 Å². The highest BCUT2D eigenvalue weighted by Crippen LogP contribution is 2.24. The van der Waals surface area contributed by atoms with Gasteiger partial charge in [-0.3, -0.25) is 0 Å². The number of halogens is 1. The zero-order valence-electron chi connectivity index (χ0n) is 9.67. The first kappa shape index (κ1) is 12.3. The highest BCUT2D eigenvalue weighted by atomic mass is 79.9. The van der Waals surface area contributed by atoms with Crippen molar-refractivity contribution in [3.8, 4) is 0 Å². The molecule has 0 bridgehead atoms. The number of ether oxygens (including phenoxy) is 1. The lowest BCUT2D eigenvalue weighted by atomic mass is 10.2. The van der Waals surface area contributed by atoms with Gasteiger partial charge in [0.2, 0.25) is 5.90 Å². The van der Waals surface area contributed by atoms with E-state index in [0.717, 1.165) is 15.6 Å². The highest BCUT2D eigenvalue weighted by molar-refractivity contribution is 9.10. The van der Waals surface area contributed by atoms with Crippen LogP contribution in [0.1, 0.15) is 11.1 Å². The molecule has 0 saturated heterocycles. The Morgan fingerprint density at radius 2 is 2.11 bits per heavy atom. The Labute approximate surface area is 122 Å². The molecule has 1 aliphatic rings. The van der Waals surface area contributed by atoms with Crippen LogP contribution < -0.4 is 0 Å². The standard InChI is InChI=1S/C14H8BrNO2S/c15-11-4-2-1-3-10(11)13-16-12(14(17)18-13)7-9-5-6-19-8-9/h1-8H/b12-7-. The van der Waals surface area contributed by atoms with E-state index in [4.69, 9.17) is 4.74 Å². The lowest BCUT2D eigenvalue weighted by Gasteiger charge is -2.01. The summed E-state index contributed by atoms with van der Waals surface area (Å²) in [5, 5.41) is 3.90. The summed E-state index contributed by atoms with van der Waals surface area (Å²) in [5.41, 5.74) is 2.04. The molecule has 19 heavy (non-hydrogen) atoms. The van der Waals surface area contributed by atoms with Gasteiger partial charge in [-0.15, -0.1) is 0 Å². The third kappa shape index (κ3) is 2.52. The van der Waals surface area contributed by atoms with Crippen molar-refractivity contribution >= 4 is 45.2 Å². The van der Waals surface area contributed by atoms with E-state index in [2.05, 4.69) is 20.9 Å². The number of hydrogen-bond donors (Lipinski definition) is 0. The summed E-state index contributed by atoms with van der Waals surface area (Å²) >= 11 is 4.99. The van der Waals surface area contributed by atoms with E-state index in [1.54, 1.807) is 17.4 Å². The largest absolute Gasteiger partial charge is 0.402 e. The van der Waals surface area contributed by atoms with Gasteiger partial charge in [0.25, 0.3) is 0 Å². The SMILES string of the molecule is O=C1OC(c2ccccc2Br)=N/C1=C\c1ccsc1. The van der Waals surface area contributed by atoms with Crippen molar-refractivity contribution in [1.29, 1.82) is 0 Å². The molecule has 0 saturated carbocycles. The maximum absolute atomic E-state index is 11.8. The molecule has 2 heterocycles. The van der Waals surface area contributed by atoms with Crippen LogP contribution in [0.2, 0.25) is 0 Å². The van der Waals surface area contributed by atoms with Crippen LogP contribution in [0.5, 0.6) is 0 Å². The van der Waals surface area contributed by atoms with Gasteiger partial charge in [0.15, 0.2) is 5.70 Å². The maximum atomic E-state index is 11.8. The molecule has 1 aliphatic heterocycles. The van der Waals surface area contributed by atoms with Gasteiger partial charge in [0.05, 0.1) is 5.56 Å². The van der Waals surface area contributed by atoms with E-state index in [9.17, 15) is 4.79 Å². The number of cyclic esters (lactones) is 1. The van der Waals surface area contributed by atoms with E-state index in [1.165, 1.54) is 0 Å². The Morgan fingerprint density at radius 3 is 2.84 bits per heavy atom. The van der Waals surface area contributed by atoms with E-state index < -0.39 is 5.97 Å². The van der Waals surface area contributed by atoms with Crippen LogP contribution in [0.25, 0.3) is 6.08 Å². The van der Waals surface area contributed by atoms with Crippen LogP contribution in [0.4, 0.5) is 0 Å². The number of carbonyl (C=O) groups is 1. The number of esters is 1. The first-order valence-electron chi connectivity index (χ1n) is 5.54. The van der Waals surface area contributed by atoms with Crippen molar-refractivity contribution < 1.29 is 9.53 Å². The predicted molar refractivity (Wildman–Crippen MR) is 79.1 cm³/mol. The molecule has 0 aliphatic carbocycles. The van der Waals surface area contributed by atoms with Crippen LogP contribution >= 0.6 is 27.3 Å². The van der Waals surface area contributed by atoms with Crippen molar-refractivity contribution in [1.82, 2.24) is 0 Å². The van der Waals surface area contributed by atoms with Crippen molar-refractivity contribution in [3.63, 3.8) is 0 Å². The van der Waals surface area contributed by atoms with E-state index >= 15 is 0 Å². The van der Waals surface area contributed by atoms with Gasteiger partial charge in [-0.2, -0.15) is 11.3 Å². The fraction of sp³-hybridized carbons (Fsp3) is 0. The monoisotopic (exact) mass is 333 g/mol. The van der Waals surface area contributed by atoms with Crippen LogP contribution in [-0.4, -0.2) is 11.9 Å². The van der Waals surface area contributed by atoms with Crippen LogP contribution in [-0.2, 0) is 9.53 Å². The summed E-state index contributed by atoms with van der Waals surface area (Å²) in [7, 11) is 0. The quantitative estimate of drug-likeness (QED) is 0.618. The minimum atomic E-state index is -0.419. The smallest absolute Gasteiger partial charge is 0.363 e. The third-order valence-electron chi connectivity index (χ3n) is 2.57. The maximum Gasteiger partial charge on any atom is 0.363 e. The second kappa shape index (κ2) is 5.11. The first-order valence-corrected chi connectivity index (χ1v) is 7.27. The average molecular weight is 334 g/mol. The molecule has 0 spiro atoms. The van der Waals surface area contributed by atoms with Crippen molar-refractivity contribution in [2.24, 2.45) is 4.99 Å². The van der Waals surface area contributed by atoms with Crippen LogP contribution in [0.3, 0.4) is 0 Å². The number of nitrogens with zero attached hydrogens (tertiary/aromatic N) is 1. The van der Waals surface area contributed by atoms with Crippen LogP contribution in [0, 0.1) is 0 Å². The lowest BCUT2D eigenvalue weighted by Crippen LogP contribution is -2.05. The summed E-state index contributed by atoms with van der Waals surface area (Å²) in [6.07, 6.45) is 1.72. The fourth-order valence-electron chi connectivity index (χ4n) is 1.67. The molecule has 2 aromatic rings. The molecule has 3 nitrogen and oxygen atoms in total. The van der Waals surface area contributed by atoms with E-state index in [0.29, 0.717) is 11.6 Å². The zero-order valence-corrected chi connectivity index (χ0v) is 12.1. The fourth-order valence-corrected chi connectivity index (χ4v) is 2.75. The number of thiophene rings is 1. The molecule has 0 amide bonds. The highest BCUT2D eigenvalue weighted by Gasteiger charge is 2.25. The van der Waals surface area contributed by atoms with Crippen molar-refractivity contribution in [3.05, 3.63) is 62.4 Å². The van der Waals surface area contributed by atoms with Gasteiger partial charge in [-0.25, -0.2) is 9.79 Å². The topological polar surface area (TPSA) is 38.7 Å². The Balaban J connectivity index is 1.98. The van der Waals surface area contributed by atoms with Crippen LogP contribution in [0.15, 0.2) is 56.3 Å². The lowest BCUT2D eigenvalue weighted by molar-refractivity contribution is -0.129. The van der Waals surface area contributed by atoms with Gasteiger partial charge < -0.3 is 4.74 Å². The third-order valence-corrected chi connectivity index (χ3v) is 3.96. The predicted octanol–water partition coefficient (Wildman–Crippen LogP) is 3.86. The number of rotatable bonds is 2. The van der Waals surface area contributed by atoms with Crippen molar-refractivity contribution in [2.75, 3.05) is 0 Å².